The van der Waals surface area contributed by atoms with Gasteiger partial charge in [-0.15, -0.1) is 11.3 Å². The van der Waals surface area contributed by atoms with E-state index in [-0.39, 0.29) is 0 Å². The highest BCUT2D eigenvalue weighted by Gasteiger charge is 2.17. The molecule has 0 aliphatic rings. The summed E-state index contributed by atoms with van der Waals surface area (Å²) in [6, 6.07) is -0.587. The van der Waals surface area contributed by atoms with Gasteiger partial charge in [-0.2, -0.15) is 11.8 Å². The van der Waals surface area contributed by atoms with Crippen LogP contribution in [0.4, 0.5) is 5.13 Å². The van der Waals surface area contributed by atoms with Crippen LogP contribution in [-0.4, -0.2) is 33.6 Å². The molecule has 0 aliphatic carbocycles. The number of anilines is 1. The first-order valence-corrected chi connectivity index (χ1v) is 14.9. The maximum atomic E-state index is 11.4. The van der Waals surface area contributed by atoms with E-state index in [1.54, 1.807) is 18.0 Å². The first kappa shape index (κ1) is 30.0. The van der Waals surface area contributed by atoms with Crippen LogP contribution in [0.3, 0.4) is 0 Å². The minimum absolute atomic E-state index is 0.551. The number of nitrogens with zero attached hydrogens (tertiary/aromatic N) is 1. The summed E-state index contributed by atoms with van der Waals surface area (Å²) in [6.45, 7) is 11.7. The predicted molar refractivity (Wildman–Crippen MR) is 148 cm³/mol. The molecular formula is C27H48N2O2S2. The maximum Gasteiger partial charge on any atom is 0.327 e. The molecule has 0 saturated carbocycles. The van der Waals surface area contributed by atoms with Gasteiger partial charge in [0, 0.05) is 17.3 Å². The Balaban J connectivity index is 2.07. The molecule has 3 unspecified atom stereocenters. The molecule has 1 rings (SSSR count). The molecule has 0 saturated heterocycles. The third-order valence-electron chi connectivity index (χ3n) is 6.21. The Labute approximate surface area is 211 Å². The Morgan fingerprint density at radius 1 is 1.09 bits per heavy atom. The number of carbonyl (C=O) groups is 1. The molecule has 1 aromatic heterocycles. The molecule has 4 nitrogen and oxygen atoms in total. The van der Waals surface area contributed by atoms with Gasteiger partial charge in [0.1, 0.15) is 6.04 Å². The van der Waals surface area contributed by atoms with Crippen LogP contribution in [-0.2, 0) is 4.79 Å². The molecule has 0 fully saturated rings. The number of carboxylic acid groups (broad SMARTS) is 1. The third-order valence-corrected chi connectivity index (χ3v) is 8.01. The number of aliphatic carboxylic acids is 1. The summed E-state index contributed by atoms with van der Waals surface area (Å²) in [5.41, 5.74) is 1.47. The minimum atomic E-state index is -0.820. The smallest absolute Gasteiger partial charge is 0.327 e. The van der Waals surface area contributed by atoms with E-state index in [1.165, 1.54) is 74.7 Å². The van der Waals surface area contributed by atoms with Gasteiger partial charge in [0.2, 0.25) is 0 Å². The monoisotopic (exact) mass is 496 g/mol. The second-order valence-corrected chi connectivity index (χ2v) is 12.2. The normalized spacial score (nSPS) is 14.9. The number of rotatable bonds is 20. The van der Waals surface area contributed by atoms with Crippen molar-refractivity contribution in [1.82, 2.24) is 4.98 Å². The molecule has 0 spiro atoms. The molecule has 3 atom stereocenters. The van der Waals surface area contributed by atoms with E-state index in [1.807, 2.05) is 5.38 Å². The van der Waals surface area contributed by atoms with E-state index in [4.69, 9.17) is 0 Å². The Morgan fingerprint density at radius 2 is 1.73 bits per heavy atom. The zero-order valence-electron chi connectivity index (χ0n) is 21.6. The summed E-state index contributed by atoms with van der Waals surface area (Å²) in [4.78, 5) is 15.5. The number of carboxylic acids is 1. The van der Waals surface area contributed by atoms with Gasteiger partial charge in [0.05, 0.1) is 0 Å². The van der Waals surface area contributed by atoms with E-state index in [0.29, 0.717) is 10.9 Å². The number of aromatic nitrogens is 1. The number of allylic oxidation sites excluding steroid dienone is 2. The van der Waals surface area contributed by atoms with Gasteiger partial charge in [-0.05, 0) is 49.7 Å². The molecule has 0 bridgehead atoms. The average Bonchev–Trinajstić information content (AvgIpc) is 3.25. The zero-order chi connectivity index (χ0) is 24.5. The van der Waals surface area contributed by atoms with Gasteiger partial charge in [0.25, 0.3) is 0 Å². The van der Waals surface area contributed by atoms with Crippen LogP contribution in [0.1, 0.15) is 98.8 Å². The van der Waals surface area contributed by atoms with Crippen molar-refractivity contribution in [2.45, 2.75) is 105 Å². The van der Waals surface area contributed by atoms with Crippen molar-refractivity contribution in [1.29, 1.82) is 0 Å². The summed E-state index contributed by atoms with van der Waals surface area (Å²) in [5.74, 6) is 3.23. The van der Waals surface area contributed by atoms with Gasteiger partial charge in [0.15, 0.2) is 5.13 Å². The predicted octanol–water partition coefficient (Wildman–Crippen LogP) is 8.52. The Bertz CT molecular complexity index is 647. The van der Waals surface area contributed by atoms with E-state index < -0.39 is 12.0 Å². The molecule has 0 amide bonds. The van der Waals surface area contributed by atoms with Crippen molar-refractivity contribution in [3.05, 3.63) is 23.2 Å². The summed E-state index contributed by atoms with van der Waals surface area (Å²) in [5, 5.41) is 14.9. The van der Waals surface area contributed by atoms with Crippen molar-refractivity contribution >= 4 is 34.2 Å². The quantitative estimate of drug-likeness (QED) is 0.140. The molecule has 190 valence electrons. The number of thiazole rings is 1. The molecule has 2 N–H and O–H groups in total. The topological polar surface area (TPSA) is 62.2 Å². The Kier molecular flexibility index (Phi) is 16.7. The summed E-state index contributed by atoms with van der Waals surface area (Å²) in [6.07, 6.45) is 17.1. The van der Waals surface area contributed by atoms with Crippen molar-refractivity contribution in [3.8, 4) is 0 Å². The summed E-state index contributed by atoms with van der Waals surface area (Å²) in [7, 11) is 0. The lowest BCUT2D eigenvalue weighted by Crippen LogP contribution is -2.31. The van der Waals surface area contributed by atoms with Crippen LogP contribution in [0, 0.1) is 17.8 Å². The van der Waals surface area contributed by atoms with E-state index >= 15 is 0 Å². The van der Waals surface area contributed by atoms with Crippen LogP contribution in [0.15, 0.2) is 23.2 Å². The molecule has 0 radical (unpaired) electrons. The molecule has 1 aromatic rings. The number of nitrogens with one attached hydrogen (secondary N) is 1. The lowest BCUT2D eigenvalue weighted by atomic mass is 9.91. The van der Waals surface area contributed by atoms with Gasteiger partial charge < -0.3 is 10.4 Å². The molecule has 6 heteroatoms. The zero-order valence-corrected chi connectivity index (χ0v) is 23.3. The maximum absolute atomic E-state index is 11.4. The lowest BCUT2D eigenvalue weighted by Gasteiger charge is -2.15. The Hall–Kier alpha value is -1.01. The van der Waals surface area contributed by atoms with Crippen LogP contribution >= 0.6 is 23.1 Å². The fourth-order valence-corrected chi connectivity index (χ4v) is 5.51. The SMILES string of the molecule is C/C(=C\CCSCC(Nc1nccs1)C(=O)O)CCCC(C)CCCC(C)CCCC(C)C. The Morgan fingerprint density at radius 3 is 2.30 bits per heavy atom. The highest BCUT2D eigenvalue weighted by atomic mass is 32.2. The third kappa shape index (κ3) is 16.3. The molecule has 0 aliphatic heterocycles. The van der Waals surface area contributed by atoms with Gasteiger partial charge in [-0.3, -0.25) is 0 Å². The second-order valence-electron chi connectivity index (χ2n) is 10.1. The van der Waals surface area contributed by atoms with E-state index in [0.717, 1.165) is 29.9 Å². The van der Waals surface area contributed by atoms with Crippen LogP contribution in [0.25, 0.3) is 0 Å². The molecule has 0 aromatic carbocycles. The molecular weight excluding hydrogens is 448 g/mol. The molecule has 33 heavy (non-hydrogen) atoms. The molecule has 1 heterocycles. The number of thioether (sulfide) groups is 1. The fourth-order valence-electron chi connectivity index (χ4n) is 4.02. The number of hydrogen-bond acceptors (Lipinski definition) is 5. The van der Waals surface area contributed by atoms with Crippen molar-refractivity contribution in [2.75, 3.05) is 16.8 Å². The van der Waals surface area contributed by atoms with Crippen LogP contribution < -0.4 is 5.32 Å². The van der Waals surface area contributed by atoms with Gasteiger partial charge in [-0.1, -0.05) is 84.3 Å². The van der Waals surface area contributed by atoms with Crippen molar-refractivity contribution in [2.24, 2.45) is 17.8 Å². The van der Waals surface area contributed by atoms with E-state index in [2.05, 4.69) is 51.0 Å². The van der Waals surface area contributed by atoms with Crippen LogP contribution in [0.2, 0.25) is 0 Å². The second kappa shape index (κ2) is 18.3. The fraction of sp³-hybridized carbons (Fsp3) is 0.778. The largest absolute Gasteiger partial charge is 0.480 e. The van der Waals surface area contributed by atoms with Crippen LogP contribution in [0.5, 0.6) is 0 Å². The van der Waals surface area contributed by atoms with Gasteiger partial charge in [-0.25, -0.2) is 9.78 Å². The average molecular weight is 497 g/mol. The standard InChI is InChI=1S/C27H48N2O2S2/c1-21(2)10-6-11-22(3)12-7-13-23(4)14-8-15-24(5)16-9-18-32-20-25(26(30)31)29-27-28-17-19-33-27/h16-17,19,21-23,25H,6-15,18,20H2,1-5H3,(H,28,29)(H,30,31)/b24-16+. The minimum Gasteiger partial charge on any atom is -0.480 e. The van der Waals surface area contributed by atoms with Gasteiger partial charge >= 0.3 is 5.97 Å². The first-order valence-electron chi connectivity index (χ1n) is 12.9. The highest BCUT2D eigenvalue weighted by molar-refractivity contribution is 7.99. The summed E-state index contributed by atoms with van der Waals surface area (Å²) >= 11 is 3.12. The van der Waals surface area contributed by atoms with Crippen molar-refractivity contribution < 1.29 is 9.90 Å². The highest BCUT2D eigenvalue weighted by Crippen LogP contribution is 2.22. The van der Waals surface area contributed by atoms with Crippen molar-refractivity contribution in [3.63, 3.8) is 0 Å². The number of hydrogen-bond donors (Lipinski definition) is 2. The van der Waals surface area contributed by atoms with E-state index in [9.17, 15) is 9.90 Å². The summed E-state index contributed by atoms with van der Waals surface area (Å²) < 4.78 is 0. The lowest BCUT2D eigenvalue weighted by molar-refractivity contribution is -0.137. The first-order chi connectivity index (χ1) is 15.8.